The molecule has 14 heavy (non-hydrogen) atoms. The van der Waals surface area contributed by atoms with E-state index in [0.717, 1.165) is 11.1 Å². The Kier molecular flexibility index (Phi) is 3.93. The SMILES string of the molecule is [B]Cc1ccc(C(=O)CC(C)C)cc1. The van der Waals surface area contributed by atoms with Crippen molar-refractivity contribution >= 4 is 13.6 Å². The molecule has 0 aliphatic rings. The van der Waals surface area contributed by atoms with Gasteiger partial charge < -0.3 is 0 Å². The molecule has 0 saturated carbocycles. The van der Waals surface area contributed by atoms with Crippen LogP contribution in [0.2, 0.25) is 0 Å². The highest BCUT2D eigenvalue weighted by atomic mass is 16.1. The van der Waals surface area contributed by atoms with Crippen LogP contribution in [0.25, 0.3) is 0 Å². The second-order valence-electron chi connectivity index (χ2n) is 3.92. The first-order chi connectivity index (χ1) is 6.63. The Balaban J connectivity index is 2.71. The van der Waals surface area contributed by atoms with Crippen molar-refractivity contribution in [1.82, 2.24) is 0 Å². The van der Waals surface area contributed by atoms with Crippen LogP contribution in [0.15, 0.2) is 24.3 Å². The lowest BCUT2D eigenvalue weighted by molar-refractivity contribution is 0.0968. The molecule has 2 radical (unpaired) electrons. The van der Waals surface area contributed by atoms with Crippen LogP contribution >= 0.6 is 0 Å². The van der Waals surface area contributed by atoms with Gasteiger partial charge in [-0.1, -0.05) is 50.0 Å². The molecule has 0 atom stereocenters. The smallest absolute Gasteiger partial charge is 0.163 e. The number of benzene rings is 1. The van der Waals surface area contributed by atoms with Gasteiger partial charge in [0.25, 0.3) is 0 Å². The topological polar surface area (TPSA) is 17.1 Å². The molecule has 0 N–H and O–H groups in total. The van der Waals surface area contributed by atoms with Gasteiger partial charge in [0.05, 0.1) is 7.85 Å². The highest BCUT2D eigenvalue weighted by molar-refractivity contribution is 6.08. The number of Topliss-reactive ketones (excluding diaryl/α,β-unsaturated/α-hetero) is 1. The van der Waals surface area contributed by atoms with Gasteiger partial charge in [-0.25, -0.2) is 0 Å². The van der Waals surface area contributed by atoms with Crippen molar-refractivity contribution in [3.8, 4) is 0 Å². The van der Waals surface area contributed by atoms with Crippen LogP contribution in [0.5, 0.6) is 0 Å². The molecule has 2 heteroatoms. The summed E-state index contributed by atoms with van der Waals surface area (Å²) in [6, 6.07) is 7.53. The van der Waals surface area contributed by atoms with Crippen molar-refractivity contribution in [2.45, 2.75) is 26.6 Å². The maximum Gasteiger partial charge on any atom is 0.163 e. The third-order valence-corrected chi connectivity index (χ3v) is 2.11. The van der Waals surface area contributed by atoms with Gasteiger partial charge in [0.1, 0.15) is 0 Å². The monoisotopic (exact) mass is 186 g/mol. The van der Waals surface area contributed by atoms with Crippen molar-refractivity contribution in [3.05, 3.63) is 35.4 Å². The standard InChI is InChI=1S/C12H15BO/c1-9(2)7-12(14)11-5-3-10(8-13)4-6-11/h3-6,9H,7-8H2,1-2H3. The first-order valence-corrected chi connectivity index (χ1v) is 4.95. The van der Waals surface area contributed by atoms with Gasteiger partial charge in [-0.05, 0) is 5.92 Å². The molecule has 0 bridgehead atoms. The lowest BCUT2D eigenvalue weighted by Crippen LogP contribution is -2.03. The molecule has 1 aromatic carbocycles. The van der Waals surface area contributed by atoms with Crippen LogP contribution in [-0.4, -0.2) is 13.6 Å². The average molecular weight is 186 g/mol. The van der Waals surface area contributed by atoms with E-state index in [4.69, 9.17) is 7.85 Å². The first kappa shape index (κ1) is 11.0. The van der Waals surface area contributed by atoms with Gasteiger partial charge in [0.15, 0.2) is 5.78 Å². The average Bonchev–Trinajstić information content (AvgIpc) is 2.17. The predicted octanol–water partition coefficient (Wildman–Crippen LogP) is 2.58. The predicted molar refractivity (Wildman–Crippen MR) is 59.7 cm³/mol. The first-order valence-electron chi connectivity index (χ1n) is 4.95. The lowest BCUT2D eigenvalue weighted by atomic mass is 9.94. The van der Waals surface area contributed by atoms with E-state index in [0.29, 0.717) is 18.7 Å². The number of rotatable bonds is 4. The van der Waals surface area contributed by atoms with Crippen LogP contribution in [0.4, 0.5) is 0 Å². The molecule has 0 saturated heterocycles. The fourth-order valence-electron chi connectivity index (χ4n) is 1.32. The zero-order chi connectivity index (χ0) is 10.6. The summed E-state index contributed by atoms with van der Waals surface area (Å²) < 4.78 is 0. The van der Waals surface area contributed by atoms with E-state index >= 15 is 0 Å². The van der Waals surface area contributed by atoms with E-state index in [2.05, 4.69) is 0 Å². The van der Waals surface area contributed by atoms with Gasteiger partial charge in [-0.2, -0.15) is 0 Å². The largest absolute Gasteiger partial charge is 0.294 e. The van der Waals surface area contributed by atoms with E-state index in [1.54, 1.807) is 0 Å². The third kappa shape index (κ3) is 3.02. The fraction of sp³-hybridized carbons (Fsp3) is 0.417. The summed E-state index contributed by atoms with van der Waals surface area (Å²) in [5, 5.41) is 0. The fourth-order valence-corrected chi connectivity index (χ4v) is 1.32. The Morgan fingerprint density at radius 1 is 1.29 bits per heavy atom. The molecule has 0 unspecified atom stereocenters. The molecule has 0 amide bonds. The van der Waals surface area contributed by atoms with Gasteiger partial charge in [0, 0.05) is 12.0 Å². The zero-order valence-electron chi connectivity index (χ0n) is 8.79. The van der Waals surface area contributed by atoms with Crippen LogP contribution in [0.1, 0.15) is 36.2 Å². The molecule has 0 aliphatic heterocycles. The molecular formula is C12H15BO. The van der Waals surface area contributed by atoms with Gasteiger partial charge in [-0.15, -0.1) is 0 Å². The third-order valence-electron chi connectivity index (χ3n) is 2.11. The van der Waals surface area contributed by atoms with Crippen LogP contribution in [0, 0.1) is 5.92 Å². The Morgan fingerprint density at radius 2 is 1.86 bits per heavy atom. The van der Waals surface area contributed by atoms with E-state index in [1.807, 2.05) is 38.1 Å². The van der Waals surface area contributed by atoms with Crippen molar-refractivity contribution in [3.63, 3.8) is 0 Å². The second-order valence-corrected chi connectivity index (χ2v) is 3.92. The molecule has 0 aromatic heterocycles. The Bertz CT molecular complexity index is 301. The van der Waals surface area contributed by atoms with Gasteiger partial charge in [0.2, 0.25) is 0 Å². The molecule has 0 aliphatic carbocycles. The normalized spacial score (nSPS) is 10.5. The minimum atomic E-state index is 0.212. The van der Waals surface area contributed by atoms with Crippen molar-refractivity contribution in [2.75, 3.05) is 0 Å². The maximum absolute atomic E-state index is 11.6. The van der Waals surface area contributed by atoms with Crippen LogP contribution in [0.3, 0.4) is 0 Å². The lowest BCUT2D eigenvalue weighted by Gasteiger charge is -2.04. The summed E-state index contributed by atoms with van der Waals surface area (Å²) in [5.41, 5.74) is 1.85. The molecule has 0 fully saturated rings. The van der Waals surface area contributed by atoms with Crippen molar-refractivity contribution in [2.24, 2.45) is 5.92 Å². The Labute approximate surface area is 86.9 Å². The minimum absolute atomic E-state index is 0.212. The Morgan fingerprint density at radius 3 is 2.29 bits per heavy atom. The van der Waals surface area contributed by atoms with Crippen LogP contribution in [-0.2, 0) is 6.32 Å². The Hall–Kier alpha value is -1.05. The maximum atomic E-state index is 11.6. The van der Waals surface area contributed by atoms with Gasteiger partial charge >= 0.3 is 0 Å². The summed E-state index contributed by atoms with van der Waals surface area (Å²) in [7, 11) is 5.47. The molecule has 1 nitrogen and oxygen atoms in total. The number of ketones is 1. The highest BCUT2D eigenvalue weighted by Crippen LogP contribution is 2.10. The van der Waals surface area contributed by atoms with Gasteiger partial charge in [-0.3, -0.25) is 4.79 Å². The van der Waals surface area contributed by atoms with E-state index in [9.17, 15) is 4.79 Å². The number of hydrogen-bond acceptors (Lipinski definition) is 1. The van der Waals surface area contributed by atoms with E-state index in [1.165, 1.54) is 0 Å². The molecule has 0 heterocycles. The molecule has 1 rings (SSSR count). The molecular weight excluding hydrogens is 171 g/mol. The summed E-state index contributed by atoms with van der Waals surface area (Å²) in [6.45, 7) is 4.10. The van der Waals surface area contributed by atoms with E-state index < -0.39 is 0 Å². The number of carbonyl (C=O) groups excluding carboxylic acids is 1. The number of carbonyl (C=O) groups is 1. The second kappa shape index (κ2) is 4.99. The number of hydrogen-bond donors (Lipinski definition) is 0. The van der Waals surface area contributed by atoms with Crippen molar-refractivity contribution < 1.29 is 4.79 Å². The highest BCUT2D eigenvalue weighted by Gasteiger charge is 2.07. The molecule has 72 valence electrons. The molecule has 0 spiro atoms. The summed E-state index contributed by atoms with van der Waals surface area (Å²) in [4.78, 5) is 11.6. The van der Waals surface area contributed by atoms with Crippen molar-refractivity contribution in [1.29, 1.82) is 0 Å². The summed E-state index contributed by atoms with van der Waals surface area (Å²) >= 11 is 0. The van der Waals surface area contributed by atoms with E-state index in [-0.39, 0.29) is 5.78 Å². The summed E-state index contributed by atoms with van der Waals surface area (Å²) in [5.74, 6) is 0.625. The molecule has 1 aromatic rings. The summed E-state index contributed by atoms with van der Waals surface area (Å²) in [6.07, 6.45) is 1.14. The zero-order valence-corrected chi connectivity index (χ0v) is 8.79. The quantitative estimate of drug-likeness (QED) is 0.521. The minimum Gasteiger partial charge on any atom is -0.294 e. The van der Waals surface area contributed by atoms with Crippen LogP contribution < -0.4 is 0 Å².